The van der Waals surface area contributed by atoms with E-state index in [1.807, 2.05) is 29.2 Å². The van der Waals surface area contributed by atoms with E-state index in [1.165, 1.54) is 6.26 Å². The third-order valence-corrected chi connectivity index (χ3v) is 6.28. The van der Waals surface area contributed by atoms with Crippen molar-refractivity contribution in [2.75, 3.05) is 37.3 Å². The minimum Gasteiger partial charge on any atom is -0.337 e. The Labute approximate surface area is 175 Å². The fraction of sp³-hybridized carbons (Fsp3) is 0.227. The largest absolute Gasteiger partial charge is 0.337 e. The van der Waals surface area contributed by atoms with Crippen molar-refractivity contribution < 1.29 is 13.2 Å². The van der Waals surface area contributed by atoms with Gasteiger partial charge in [-0.25, -0.2) is 18.4 Å². The van der Waals surface area contributed by atoms with Crippen molar-refractivity contribution in [2.24, 2.45) is 0 Å². The second-order valence-corrected chi connectivity index (χ2v) is 9.22. The molecule has 2 aromatic carbocycles. The summed E-state index contributed by atoms with van der Waals surface area (Å²) in [7, 11) is -3.22. The van der Waals surface area contributed by atoms with Crippen LogP contribution in [0, 0.1) is 0 Å². The molecule has 30 heavy (non-hydrogen) atoms. The summed E-state index contributed by atoms with van der Waals surface area (Å²) in [5.74, 6) is 0.693. The predicted molar refractivity (Wildman–Crippen MR) is 115 cm³/mol. The van der Waals surface area contributed by atoms with Crippen LogP contribution in [-0.2, 0) is 9.84 Å². The summed E-state index contributed by atoms with van der Waals surface area (Å²) >= 11 is 0. The van der Waals surface area contributed by atoms with Crippen LogP contribution in [0.25, 0.3) is 11.1 Å². The van der Waals surface area contributed by atoms with Gasteiger partial charge >= 0.3 is 0 Å². The molecule has 8 heteroatoms. The first-order valence-electron chi connectivity index (χ1n) is 9.63. The zero-order valence-corrected chi connectivity index (χ0v) is 17.4. The SMILES string of the molecule is CS(=O)(=O)c1ccc(-c2ccc(C(=O)N3CCN(c4ncccn4)CC3)cc2)cc1. The van der Waals surface area contributed by atoms with Crippen molar-refractivity contribution in [3.05, 3.63) is 72.6 Å². The zero-order valence-electron chi connectivity index (χ0n) is 16.6. The number of hydrogen-bond donors (Lipinski definition) is 0. The lowest BCUT2D eigenvalue weighted by molar-refractivity contribution is 0.0746. The van der Waals surface area contributed by atoms with Gasteiger partial charge in [-0.2, -0.15) is 0 Å². The number of carbonyl (C=O) groups excluding carboxylic acids is 1. The smallest absolute Gasteiger partial charge is 0.253 e. The van der Waals surface area contributed by atoms with Crippen molar-refractivity contribution in [3.63, 3.8) is 0 Å². The summed E-state index contributed by atoms with van der Waals surface area (Å²) in [6.07, 6.45) is 4.63. The lowest BCUT2D eigenvalue weighted by atomic mass is 10.0. The van der Waals surface area contributed by atoms with E-state index in [0.29, 0.717) is 37.7 Å². The molecule has 0 N–H and O–H groups in total. The molecule has 1 amide bonds. The molecule has 4 rings (SSSR count). The molecule has 154 valence electrons. The van der Waals surface area contributed by atoms with Gasteiger partial charge in [0.1, 0.15) is 0 Å². The normalized spacial score (nSPS) is 14.6. The summed E-state index contributed by atoms with van der Waals surface area (Å²) < 4.78 is 23.2. The van der Waals surface area contributed by atoms with Crippen LogP contribution in [0.2, 0.25) is 0 Å². The third kappa shape index (κ3) is 4.33. The molecule has 1 aromatic heterocycles. The van der Waals surface area contributed by atoms with Gasteiger partial charge in [-0.05, 0) is 41.5 Å². The molecule has 0 atom stereocenters. The first-order valence-corrected chi connectivity index (χ1v) is 11.5. The molecule has 1 saturated heterocycles. The average molecular weight is 423 g/mol. The summed E-state index contributed by atoms with van der Waals surface area (Å²) in [4.78, 5) is 25.6. The maximum atomic E-state index is 12.9. The van der Waals surface area contributed by atoms with Crippen LogP contribution >= 0.6 is 0 Å². The number of amides is 1. The van der Waals surface area contributed by atoms with E-state index in [0.717, 1.165) is 11.1 Å². The molecule has 7 nitrogen and oxygen atoms in total. The number of rotatable bonds is 4. The molecule has 1 aliphatic rings. The molecule has 2 heterocycles. The van der Waals surface area contributed by atoms with Crippen LogP contribution < -0.4 is 4.90 Å². The lowest BCUT2D eigenvalue weighted by Crippen LogP contribution is -2.49. The van der Waals surface area contributed by atoms with E-state index in [2.05, 4.69) is 14.9 Å². The fourth-order valence-electron chi connectivity index (χ4n) is 3.45. The summed E-state index contributed by atoms with van der Waals surface area (Å²) in [5.41, 5.74) is 2.46. The number of aromatic nitrogens is 2. The highest BCUT2D eigenvalue weighted by Gasteiger charge is 2.23. The molecular formula is C22H22N4O3S. The first kappa shape index (κ1) is 20.0. The van der Waals surface area contributed by atoms with E-state index in [9.17, 15) is 13.2 Å². The van der Waals surface area contributed by atoms with Crippen molar-refractivity contribution in [1.29, 1.82) is 0 Å². The minimum absolute atomic E-state index is 0.00241. The number of hydrogen-bond acceptors (Lipinski definition) is 6. The van der Waals surface area contributed by atoms with Gasteiger partial charge in [-0.3, -0.25) is 4.79 Å². The third-order valence-electron chi connectivity index (χ3n) is 5.15. The van der Waals surface area contributed by atoms with Gasteiger partial charge in [-0.15, -0.1) is 0 Å². The second kappa shape index (κ2) is 8.23. The Kier molecular flexibility index (Phi) is 5.50. The molecule has 3 aromatic rings. The number of nitrogens with zero attached hydrogens (tertiary/aromatic N) is 4. The van der Waals surface area contributed by atoms with E-state index < -0.39 is 9.84 Å². The first-order chi connectivity index (χ1) is 14.4. The molecular weight excluding hydrogens is 400 g/mol. The van der Waals surface area contributed by atoms with Gasteiger partial charge < -0.3 is 9.80 Å². The topological polar surface area (TPSA) is 83.5 Å². The van der Waals surface area contributed by atoms with Crippen molar-refractivity contribution in [3.8, 4) is 11.1 Å². The Bertz CT molecular complexity index is 1120. The average Bonchev–Trinajstić information content (AvgIpc) is 2.79. The van der Waals surface area contributed by atoms with Gasteiger partial charge in [0, 0.05) is 50.4 Å². The zero-order chi connectivity index (χ0) is 21.1. The van der Waals surface area contributed by atoms with Gasteiger partial charge in [0.25, 0.3) is 5.91 Å². The van der Waals surface area contributed by atoms with Crippen LogP contribution in [0.3, 0.4) is 0 Å². The number of piperazine rings is 1. The number of benzene rings is 2. The molecule has 0 bridgehead atoms. The highest BCUT2D eigenvalue weighted by Crippen LogP contribution is 2.22. The van der Waals surface area contributed by atoms with Crippen molar-refractivity contribution in [2.45, 2.75) is 4.90 Å². The van der Waals surface area contributed by atoms with E-state index >= 15 is 0 Å². The summed E-state index contributed by atoms with van der Waals surface area (Å²) in [5, 5.41) is 0. The quantitative estimate of drug-likeness (QED) is 0.642. The monoisotopic (exact) mass is 422 g/mol. The van der Waals surface area contributed by atoms with Crippen LogP contribution in [0.15, 0.2) is 71.9 Å². The summed E-state index contributed by atoms with van der Waals surface area (Å²) in [6, 6.07) is 15.9. The Hall–Kier alpha value is -3.26. The fourth-order valence-corrected chi connectivity index (χ4v) is 4.08. The standard InChI is InChI=1S/C22H22N4O3S/c1-30(28,29)20-9-7-18(8-10-20)17-3-5-19(6-4-17)21(27)25-13-15-26(16-14-25)22-23-11-2-12-24-22/h2-12H,13-16H2,1H3. The lowest BCUT2D eigenvalue weighted by Gasteiger charge is -2.34. The van der Waals surface area contributed by atoms with Gasteiger partial charge in [0.15, 0.2) is 9.84 Å². The highest BCUT2D eigenvalue weighted by molar-refractivity contribution is 7.90. The van der Waals surface area contributed by atoms with E-state index in [1.54, 1.807) is 42.7 Å². The molecule has 1 aliphatic heterocycles. The number of sulfone groups is 1. The van der Waals surface area contributed by atoms with Crippen LogP contribution in [0.4, 0.5) is 5.95 Å². The van der Waals surface area contributed by atoms with Crippen molar-refractivity contribution in [1.82, 2.24) is 14.9 Å². The van der Waals surface area contributed by atoms with Crippen molar-refractivity contribution >= 4 is 21.7 Å². The molecule has 0 spiro atoms. The molecule has 0 aliphatic carbocycles. The molecule has 0 saturated carbocycles. The Morgan fingerprint density at radius 1 is 0.833 bits per heavy atom. The maximum absolute atomic E-state index is 12.9. The predicted octanol–water partition coefficient (Wildman–Crippen LogP) is 2.51. The number of carbonyl (C=O) groups is 1. The van der Waals surface area contributed by atoms with E-state index in [-0.39, 0.29) is 10.8 Å². The minimum atomic E-state index is -3.22. The van der Waals surface area contributed by atoms with Crippen LogP contribution in [0.1, 0.15) is 10.4 Å². The Balaban J connectivity index is 1.41. The summed E-state index contributed by atoms with van der Waals surface area (Å²) in [6.45, 7) is 2.62. The Morgan fingerprint density at radius 3 is 1.90 bits per heavy atom. The van der Waals surface area contributed by atoms with Gasteiger partial charge in [-0.1, -0.05) is 24.3 Å². The maximum Gasteiger partial charge on any atom is 0.253 e. The molecule has 1 fully saturated rings. The van der Waals surface area contributed by atoms with E-state index in [4.69, 9.17) is 0 Å². The van der Waals surface area contributed by atoms with Crippen LogP contribution in [-0.4, -0.2) is 61.6 Å². The highest BCUT2D eigenvalue weighted by atomic mass is 32.2. The second-order valence-electron chi connectivity index (χ2n) is 7.20. The van der Waals surface area contributed by atoms with Gasteiger partial charge in [0.2, 0.25) is 5.95 Å². The van der Waals surface area contributed by atoms with Crippen LogP contribution in [0.5, 0.6) is 0 Å². The number of anilines is 1. The molecule has 0 radical (unpaired) electrons. The van der Waals surface area contributed by atoms with Gasteiger partial charge in [0.05, 0.1) is 4.90 Å². The Morgan fingerprint density at radius 2 is 1.37 bits per heavy atom. The molecule has 0 unspecified atom stereocenters.